The molecule has 3 aliphatic carbocycles. The van der Waals surface area contributed by atoms with Gasteiger partial charge in [0.25, 0.3) is 10.2 Å². The molecule has 3 rings (SSSR count). The molecule has 11 nitrogen and oxygen atoms in total. The molecular weight excluding hydrogens is 545 g/mol. The molecule has 0 heterocycles. The van der Waals surface area contributed by atoms with Crippen LogP contribution in [0.25, 0.3) is 0 Å². The van der Waals surface area contributed by atoms with E-state index < -0.39 is 40.4 Å². The molecule has 2 bridgehead atoms. The van der Waals surface area contributed by atoms with E-state index in [4.69, 9.17) is 15.6 Å². The topological polar surface area (TPSA) is 188 Å². The summed E-state index contributed by atoms with van der Waals surface area (Å²) < 4.78 is 62.1. The number of aliphatic carboxylic acids is 2. The fourth-order valence-electron chi connectivity index (χ4n) is 5.80. The highest BCUT2D eigenvalue weighted by atomic mass is 32.2. The Kier molecular flexibility index (Phi) is 12.9. The molecule has 3 saturated carbocycles. The summed E-state index contributed by atoms with van der Waals surface area (Å²) >= 11 is 0. The number of unbranched alkanes of at least 4 members (excludes halogenated alkanes) is 1. The number of nitrogens with one attached hydrogen (secondary N) is 3. The number of hydrogen-bond donors (Lipinski definition) is 6. The van der Waals surface area contributed by atoms with E-state index in [1.54, 1.807) is 0 Å². The maximum Gasteiger partial charge on any atom is 0.490 e. The molecule has 0 aromatic heterocycles. The Morgan fingerprint density at radius 3 is 2.03 bits per heavy atom. The molecule has 39 heavy (non-hydrogen) atoms. The molecule has 5 atom stereocenters. The van der Waals surface area contributed by atoms with Crippen molar-refractivity contribution in [3.8, 4) is 0 Å². The molecule has 226 valence electrons. The standard InChI is InChI=1S/C22H40N4O5S.C2HF3O2/c23-11-5-4-8-18(22(28)29)25-32(30,31)26-20(13-15-6-2-1-3-7-15)21(27)24-19-14-16-9-10-17(19)12-16;3-2(4,5)1(6)7/h15-20,25-26H,1-14,23H2,(H,24,27)(H,28,29);(H,6,7)/t16-,17+,18-,19+,20-;/m0./s1. The molecule has 3 aliphatic rings. The summed E-state index contributed by atoms with van der Waals surface area (Å²) in [7, 11) is -4.17. The van der Waals surface area contributed by atoms with Crippen molar-refractivity contribution in [3.05, 3.63) is 0 Å². The van der Waals surface area contributed by atoms with Gasteiger partial charge in [0.2, 0.25) is 5.91 Å². The second-order valence-electron chi connectivity index (χ2n) is 10.8. The van der Waals surface area contributed by atoms with E-state index in [-0.39, 0.29) is 18.4 Å². The van der Waals surface area contributed by atoms with Crippen molar-refractivity contribution in [1.29, 1.82) is 0 Å². The Hall–Kier alpha value is -1.97. The molecule has 0 saturated heterocycles. The number of halogens is 3. The number of nitrogens with two attached hydrogens (primary N) is 1. The highest BCUT2D eigenvalue weighted by molar-refractivity contribution is 7.87. The van der Waals surface area contributed by atoms with Gasteiger partial charge in [-0.25, -0.2) is 4.79 Å². The van der Waals surface area contributed by atoms with E-state index >= 15 is 0 Å². The fraction of sp³-hybridized carbons (Fsp3) is 0.875. The SMILES string of the molecule is NCCCC[C@H](NS(=O)(=O)N[C@@H](CC1CCCCC1)C(=O)N[C@@H]1C[C@H]2CC[C@@H]1C2)C(=O)O.O=C(O)C(F)(F)F. The van der Waals surface area contributed by atoms with Crippen molar-refractivity contribution in [2.75, 3.05) is 6.54 Å². The molecule has 3 fully saturated rings. The highest BCUT2D eigenvalue weighted by Gasteiger charge is 2.41. The third kappa shape index (κ3) is 11.6. The van der Waals surface area contributed by atoms with E-state index in [1.807, 2.05) is 0 Å². The van der Waals surface area contributed by atoms with E-state index in [9.17, 15) is 36.3 Å². The molecule has 0 aromatic rings. The number of hydrogen-bond acceptors (Lipinski definition) is 6. The number of fused-ring (bicyclic) bond motifs is 2. The first-order valence-corrected chi connectivity index (χ1v) is 15.0. The smallest absolute Gasteiger partial charge is 0.480 e. The number of carboxylic acid groups (broad SMARTS) is 2. The lowest BCUT2D eigenvalue weighted by atomic mass is 9.84. The van der Waals surface area contributed by atoms with Gasteiger partial charge in [-0.05, 0) is 62.8 Å². The molecule has 0 aromatic carbocycles. The van der Waals surface area contributed by atoms with Crippen LogP contribution in [0.1, 0.15) is 83.5 Å². The van der Waals surface area contributed by atoms with E-state index in [2.05, 4.69) is 14.8 Å². The lowest BCUT2D eigenvalue weighted by Gasteiger charge is -2.29. The van der Waals surface area contributed by atoms with Crippen LogP contribution in [0.15, 0.2) is 0 Å². The second kappa shape index (κ2) is 15.1. The minimum absolute atomic E-state index is 0.121. The van der Waals surface area contributed by atoms with Crippen LogP contribution in [-0.4, -0.2) is 67.3 Å². The van der Waals surface area contributed by atoms with Crippen LogP contribution in [0.3, 0.4) is 0 Å². The maximum absolute atomic E-state index is 13.2. The van der Waals surface area contributed by atoms with Crippen molar-refractivity contribution < 1.29 is 46.2 Å². The Morgan fingerprint density at radius 1 is 0.923 bits per heavy atom. The fourth-order valence-corrected chi connectivity index (χ4v) is 7.04. The molecule has 15 heteroatoms. The second-order valence-corrected chi connectivity index (χ2v) is 12.3. The zero-order valence-corrected chi connectivity index (χ0v) is 22.7. The Morgan fingerprint density at radius 2 is 1.54 bits per heavy atom. The van der Waals surface area contributed by atoms with Crippen LogP contribution in [0, 0.1) is 17.8 Å². The van der Waals surface area contributed by atoms with Gasteiger partial charge in [0.05, 0.1) is 0 Å². The lowest BCUT2D eigenvalue weighted by molar-refractivity contribution is -0.192. The van der Waals surface area contributed by atoms with Gasteiger partial charge < -0.3 is 21.3 Å². The summed E-state index contributed by atoms with van der Waals surface area (Å²) in [5, 5.41) is 19.7. The molecule has 0 radical (unpaired) electrons. The van der Waals surface area contributed by atoms with Gasteiger partial charge in [-0.15, -0.1) is 0 Å². The zero-order valence-electron chi connectivity index (χ0n) is 21.9. The maximum atomic E-state index is 13.2. The minimum Gasteiger partial charge on any atom is -0.480 e. The van der Waals surface area contributed by atoms with Gasteiger partial charge in [0.1, 0.15) is 12.1 Å². The summed E-state index contributed by atoms with van der Waals surface area (Å²) in [6, 6.07) is -2.02. The Bertz CT molecular complexity index is 929. The van der Waals surface area contributed by atoms with E-state index in [0.29, 0.717) is 43.6 Å². The minimum atomic E-state index is -5.08. The van der Waals surface area contributed by atoms with Crippen LogP contribution in [0.2, 0.25) is 0 Å². The van der Waals surface area contributed by atoms with Crippen molar-refractivity contribution in [2.45, 2.75) is 108 Å². The molecule has 0 aliphatic heterocycles. The van der Waals surface area contributed by atoms with Crippen molar-refractivity contribution in [1.82, 2.24) is 14.8 Å². The van der Waals surface area contributed by atoms with Crippen molar-refractivity contribution in [3.63, 3.8) is 0 Å². The van der Waals surface area contributed by atoms with Crippen LogP contribution in [0.4, 0.5) is 13.2 Å². The summed E-state index contributed by atoms with van der Waals surface area (Å²) in [5.41, 5.74) is 5.45. The van der Waals surface area contributed by atoms with Gasteiger partial charge in [0, 0.05) is 6.04 Å². The molecule has 7 N–H and O–H groups in total. The zero-order chi connectivity index (χ0) is 29.2. The van der Waals surface area contributed by atoms with Crippen LogP contribution in [-0.2, 0) is 24.6 Å². The van der Waals surface area contributed by atoms with Gasteiger partial charge in [-0.1, -0.05) is 44.9 Å². The van der Waals surface area contributed by atoms with Gasteiger partial charge >= 0.3 is 18.1 Å². The Balaban J connectivity index is 0.000000673. The van der Waals surface area contributed by atoms with Crippen molar-refractivity contribution in [2.24, 2.45) is 23.5 Å². The van der Waals surface area contributed by atoms with E-state index in [0.717, 1.165) is 44.9 Å². The average Bonchev–Trinajstić information content (AvgIpc) is 3.47. The first kappa shape index (κ1) is 33.2. The number of carbonyl (C=O) groups is 3. The third-order valence-electron chi connectivity index (χ3n) is 7.76. The molecule has 1 amide bonds. The van der Waals surface area contributed by atoms with Gasteiger partial charge in [0.15, 0.2) is 0 Å². The third-order valence-corrected chi connectivity index (χ3v) is 8.95. The monoisotopic (exact) mass is 586 g/mol. The van der Waals surface area contributed by atoms with Crippen LogP contribution >= 0.6 is 0 Å². The predicted molar refractivity (Wildman–Crippen MR) is 136 cm³/mol. The summed E-state index contributed by atoms with van der Waals surface area (Å²) in [4.78, 5) is 33.6. The molecule has 0 spiro atoms. The van der Waals surface area contributed by atoms with Crippen LogP contribution in [0.5, 0.6) is 0 Å². The van der Waals surface area contributed by atoms with Gasteiger partial charge in [-0.2, -0.15) is 31.0 Å². The van der Waals surface area contributed by atoms with Gasteiger partial charge in [-0.3, -0.25) is 9.59 Å². The molecule has 0 unspecified atom stereocenters. The first-order valence-electron chi connectivity index (χ1n) is 13.5. The number of rotatable bonds is 13. The quantitative estimate of drug-likeness (QED) is 0.177. The Labute approximate surface area is 227 Å². The highest BCUT2D eigenvalue weighted by Crippen LogP contribution is 2.44. The number of carboxylic acids is 2. The largest absolute Gasteiger partial charge is 0.490 e. The van der Waals surface area contributed by atoms with Crippen LogP contribution < -0.4 is 20.5 Å². The summed E-state index contributed by atoms with van der Waals surface area (Å²) in [6.45, 7) is 0.421. The number of amides is 1. The lowest BCUT2D eigenvalue weighted by Crippen LogP contribution is -2.55. The predicted octanol–water partition coefficient (Wildman–Crippen LogP) is 2.27. The normalized spacial score (nSPS) is 24.9. The van der Waals surface area contributed by atoms with Crippen molar-refractivity contribution >= 4 is 28.1 Å². The summed E-state index contributed by atoms with van der Waals surface area (Å²) in [5.74, 6) is -2.82. The summed E-state index contributed by atoms with van der Waals surface area (Å²) in [6.07, 6.45) is 6.45. The van der Waals surface area contributed by atoms with E-state index in [1.165, 1.54) is 12.8 Å². The average molecular weight is 587 g/mol. The number of alkyl halides is 3. The number of carbonyl (C=O) groups excluding carboxylic acids is 1. The molecular formula is C24H41F3N4O7S. The first-order chi connectivity index (χ1) is 18.2.